The largest absolute Gasteiger partial charge is 0.497 e. The van der Waals surface area contributed by atoms with Gasteiger partial charge in [-0.25, -0.2) is 0 Å². The molecule has 0 aromatic heterocycles. The number of hydrogen-bond acceptors (Lipinski definition) is 3. The Bertz CT molecular complexity index is 1190. The van der Waals surface area contributed by atoms with E-state index in [0.717, 1.165) is 22.7 Å². The third kappa shape index (κ3) is 2.97. The summed E-state index contributed by atoms with van der Waals surface area (Å²) in [4.78, 5) is 0. The van der Waals surface area contributed by atoms with E-state index in [1.165, 1.54) is 33.4 Å². The van der Waals surface area contributed by atoms with Crippen molar-refractivity contribution in [2.75, 3.05) is 12.4 Å². The average Bonchev–Trinajstić information content (AvgIpc) is 2.71. The Morgan fingerprint density at radius 3 is 2.57 bits per heavy atom. The van der Waals surface area contributed by atoms with Gasteiger partial charge in [0.25, 0.3) is 0 Å². The maximum absolute atomic E-state index is 6.65. The number of aryl methyl sites for hydroxylation is 1. The van der Waals surface area contributed by atoms with E-state index in [4.69, 9.17) is 9.47 Å². The predicted octanol–water partition coefficient (Wildman–Crippen LogP) is 6.76. The molecule has 0 radical (unpaired) electrons. The van der Waals surface area contributed by atoms with Crippen LogP contribution in [0.3, 0.4) is 0 Å². The Morgan fingerprint density at radius 1 is 0.967 bits per heavy atom. The number of anilines is 1. The molecule has 3 nitrogen and oxygen atoms in total. The van der Waals surface area contributed by atoms with Gasteiger partial charge in [0.05, 0.1) is 12.6 Å². The van der Waals surface area contributed by atoms with Crippen LogP contribution in [0.1, 0.15) is 49.1 Å². The van der Waals surface area contributed by atoms with Gasteiger partial charge in [0, 0.05) is 22.4 Å². The van der Waals surface area contributed by atoms with Crippen LogP contribution >= 0.6 is 0 Å². The van der Waals surface area contributed by atoms with Crippen LogP contribution in [-0.2, 0) is 0 Å². The summed E-state index contributed by atoms with van der Waals surface area (Å²) in [5, 5.41) is 3.69. The van der Waals surface area contributed by atoms with Crippen molar-refractivity contribution in [1.82, 2.24) is 0 Å². The van der Waals surface area contributed by atoms with E-state index in [1.54, 1.807) is 7.11 Å². The predicted molar refractivity (Wildman–Crippen MR) is 123 cm³/mol. The summed E-state index contributed by atoms with van der Waals surface area (Å²) in [6, 6.07) is 19.1. The highest BCUT2D eigenvalue weighted by Gasteiger charge is 2.34. The zero-order chi connectivity index (χ0) is 21.0. The van der Waals surface area contributed by atoms with Crippen LogP contribution in [-0.4, -0.2) is 12.6 Å². The van der Waals surface area contributed by atoms with E-state index in [-0.39, 0.29) is 11.6 Å². The van der Waals surface area contributed by atoms with Crippen molar-refractivity contribution in [3.63, 3.8) is 0 Å². The lowest BCUT2D eigenvalue weighted by atomic mass is 9.80. The SMILES string of the molecule is COc1ccc2c(c1)-c1ccc3c(c1C(c1cccc(C)c1)O2)C(C)=CC(C)(C)N3. The van der Waals surface area contributed by atoms with E-state index in [0.29, 0.717) is 0 Å². The van der Waals surface area contributed by atoms with Gasteiger partial charge < -0.3 is 14.8 Å². The zero-order valence-electron chi connectivity index (χ0n) is 18.2. The quantitative estimate of drug-likeness (QED) is 0.518. The zero-order valence-corrected chi connectivity index (χ0v) is 18.2. The van der Waals surface area contributed by atoms with Gasteiger partial charge >= 0.3 is 0 Å². The van der Waals surface area contributed by atoms with Crippen molar-refractivity contribution in [3.05, 3.63) is 82.9 Å². The van der Waals surface area contributed by atoms with Crippen molar-refractivity contribution in [1.29, 1.82) is 0 Å². The summed E-state index contributed by atoms with van der Waals surface area (Å²) < 4.78 is 12.2. The molecular weight excluding hydrogens is 370 g/mol. The lowest BCUT2D eigenvalue weighted by Crippen LogP contribution is -2.32. The highest BCUT2D eigenvalue weighted by atomic mass is 16.5. The number of hydrogen-bond donors (Lipinski definition) is 1. The number of fused-ring (bicyclic) bond motifs is 5. The molecule has 152 valence electrons. The van der Waals surface area contributed by atoms with E-state index in [2.05, 4.69) is 81.6 Å². The van der Waals surface area contributed by atoms with Gasteiger partial charge in [-0.1, -0.05) is 42.0 Å². The van der Waals surface area contributed by atoms with E-state index < -0.39 is 0 Å². The maximum Gasteiger partial charge on any atom is 0.150 e. The molecule has 0 amide bonds. The van der Waals surface area contributed by atoms with Gasteiger partial charge in [-0.05, 0) is 68.7 Å². The molecule has 1 atom stereocenters. The molecule has 1 N–H and O–H groups in total. The Labute approximate surface area is 178 Å². The molecule has 0 spiro atoms. The Morgan fingerprint density at radius 2 is 1.80 bits per heavy atom. The van der Waals surface area contributed by atoms with Crippen molar-refractivity contribution in [2.45, 2.75) is 39.3 Å². The molecule has 0 bridgehead atoms. The van der Waals surface area contributed by atoms with Crippen LogP contribution in [0.4, 0.5) is 5.69 Å². The maximum atomic E-state index is 6.65. The van der Waals surface area contributed by atoms with Gasteiger partial charge in [-0.3, -0.25) is 0 Å². The fourth-order valence-electron chi connectivity index (χ4n) is 4.86. The monoisotopic (exact) mass is 397 g/mol. The first-order valence-electron chi connectivity index (χ1n) is 10.4. The topological polar surface area (TPSA) is 30.5 Å². The Kier molecular flexibility index (Phi) is 4.18. The van der Waals surface area contributed by atoms with Crippen LogP contribution in [0.5, 0.6) is 11.5 Å². The first-order chi connectivity index (χ1) is 14.4. The van der Waals surface area contributed by atoms with Crippen molar-refractivity contribution in [2.24, 2.45) is 0 Å². The summed E-state index contributed by atoms with van der Waals surface area (Å²) in [6.45, 7) is 8.74. The van der Waals surface area contributed by atoms with E-state index in [9.17, 15) is 0 Å². The number of benzene rings is 3. The van der Waals surface area contributed by atoms with Crippen LogP contribution in [0.2, 0.25) is 0 Å². The van der Waals surface area contributed by atoms with Crippen LogP contribution in [0.15, 0.2) is 60.7 Å². The Hall–Kier alpha value is -3.20. The molecular formula is C27H27NO2. The van der Waals surface area contributed by atoms with Crippen LogP contribution in [0, 0.1) is 6.92 Å². The van der Waals surface area contributed by atoms with Crippen molar-refractivity contribution in [3.8, 4) is 22.6 Å². The number of nitrogens with one attached hydrogen (secondary N) is 1. The fraction of sp³-hybridized carbons (Fsp3) is 0.259. The first kappa shape index (κ1) is 18.8. The number of allylic oxidation sites excluding steroid dienone is 1. The normalized spacial score (nSPS) is 18.2. The molecule has 1 unspecified atom stereocenters. The first-order valence-corrected chi connectivity index (χ1v) is 10.4. The molecule has 3 aromatic rings. The molecule has 2 aliphatic heterocycles. The molecule has 5 rings (SSSR count). The molecule has 2 aliphatic rings. The van der Waals surface area contributed by atoms with Crippen molar-refractivity contribution >= 4 is 11.3 Å². The minimum atomic E-state index is -0.165. The van der Waals surface area contributed by atoms with Crippen LogP contribution < -0.4 is 14.8 Å². The van der Waals surface area contributed by atoms with Gasteiger partial charge in [0.1, 0.15) is 11.5 Å². The molecule has 0 aliphatic carbocycles. The molecule has 0 saturated heterocycles. The average molecular weight is 398 g/mol. The molecule has 0 fully saturated rings. The second-order valence-electron chi connectivity index (χ2n) is 8.90. The molecule has 3 aromatic carbocycles. The van der Waals surface area contributed by atoms with E-state index in [1.807, 2.05) is 12.1 Å². The minimum absolute atomic E-state index is 0.0825. The van der Waals surface area contributed by atoms with Gasteiger partial charge in [-0.15, -0.1) is 0 Å². The van der Waals surface area contributed by atoms with Gasteiger partial charge in [0.2, 0.25) is 0 Å². The van der Waals surface area contributed by atoms with Crippen molar-refractivity contribution < 1.29 is 9.47 Å². The molecule has 0 saturated carbocycles. The number of ether oxygens (including phenoxy) is 2. The summed E-state index contributed by atoms with van der Waals surface area (Å²) in [5.74, 6) is 1.72. The van der Waals surface area contributed by atoms with Gasteiger partial charge in [0.15, 0.2) is 6.10 Å². The summed E-state index contributed by atoms with van der Waals surface area (Å²) in [5.41, 5.74) is 9.49. The smallest absolute Gasteiger partial charge is 0.150 e. The number of rotatable bonds is 2. The molecule has 30 heavy (non-hydrogen) atoms. The lowest BCUT2D eigenvalue weighted by Gasteiger charge is -2.37. The Balaban J connectivity index is 1.81. The molecule has 2 heterocycles. The van der Waals surface area contributed by atoms with Crippen LogP contribution in [0.25, 0.3) is 16.7 Å². The van der Waals surface area contributed by atoms with Gasteiger partial charge in [-0.2, -0.15) is 0 Å². The third-order valence-corrected chi connectivity index (χ3v) is 6.00. The fourth-order valence-corrected chi connectivity index (χ4v) is 4.86. The summed E-state index contributed by atoms with van der Waals surface area (Å²) in [7, 11) is 1.70. The lowest BCUT2D eigenvalue weighted by molar-refractivity contribution is 0.243. The summed E-state index contributed by atoms with van der Waals surface area (Å²) in [6.07, 6.45) is 2.14. The second kappa shape index (κ2) is 6.66. The number of methoxy groups -OCH3 is 1. The van der Waals surface area contributed by atoms with E-state index >= 15 is 0 Å². The second-order valence-corrected chi connectivity index (χ2v) is 8.90. The standard InChI is InChI=1S/C27H27NO2/c1-16-7-6-8-18(13-16)26-25-20(21-14-19(29-5)9-12-23(21)30-26)10-11-22-24(25)17(2)15-27(3,4)28-22/h6-15,26,28H,1-5H3. The highest BCUT2D eigenvalue weighted by molar-refractivity contribution is 5.90. The molecule has 3 heteroatoms. The third-order valence-electron chi connectivity index (χ3n) is 6.00. The summed E-state index contributed by atoms with van der Waals surface area (Å²) >= 11 is 0. The minimum Gasteiger partial charge on any atom is -0.497 e. The highest BCUT2D eigenvalue weighted by Crippen LogP contribution is 2.51.